The number of carbonyl (C=O) groups is 1. The van der Waals surface area contributed by atoms with Crippen LogP contribution < -0.4 is 10.1 Å². The second kappa shape index (κ2) is 6.75. The maximum absolute atomic E-state index is 12.2. The van der Waals surface area contributed by atoms with Gasteiger partial charge in [-0.2, -0.15) is 0 Å². The molecule has 0 saturated heterocycles. The number of rotatable bonds is 5. The molecule has 112 valence electrons. The zero-order valence-electron chi connectivity index (χ0n) is 13.0. The fraction of sp³-hybridized carbons (Fsp3) is 0.562. The van der Waals surface area contributed by atoms with Crippen molar-refractivity contribution in [3.05, 3.63) is 29.3 Å². The molecular weight excluding hydrogens is 254 g/mol. The van der Waals surface area contributed by atoms with Gasteiger partial charge in [-0.1, -0.05) is 26.8 Å². The molecule has 0 aromatic heterocycles. The number of carbonyl (C=O) groups excluding carboxylic acids is 1. The van der Waals surface area contributed by atoms with Crippen LogP contribution in [0.25, 0.3) is 0 Å². The third kappa shape index (κ3) is 4.85. The van der Waals surface area contributed by atoms with E-state index in [2.05, 4.69) is 26.1 Å². The number of aryl methyl sites for hydroxylation is 1. The summed E-state index contributed by atoms with van der Waals surface area (Å²) in [5.74, 6) is 0.501. The zero-order valence-corrected chi connectivity index (χ0v) is 13.0. The predicted octanol–water partition coefficient (Wildman–Crippen LogP) is 2.53. The molecule has 1 atom stereocenters. The van der Waals surface area contributed by atoms with Gasteiger partial charge in [0.1, 0.15) is 5.75 Å². The van der Waals surface area contributed by atoms with Crippen LogP contribution in [0.4, 0.5) is 0 Å². The standard InChI is InChI=1S/C16H25NO3/c1-11-6-7-12(8-14(11)20-5)15(19)17-13(10-18)9-16(2,3)4/h6-8,13,18H,9-10H2,1-5H3,(H,17,19). The van der Waals surface area contributed by atoms with E-state index in [0.717, 1.165) is 12.0 Å². The zero-order chi connectivity index (χ0) is 15.3. The van der Waals surface area contributed by atoms with Crippen molar-refractivity contribution in [3.63, 3.8) is 0 Å². The van der Waals surface area contributed by atoms with Gasteiger partial charge in [0.15, 0.2) is 0 Å². The summed E-state index contributed by atoms with van der Waals surface area (Å²) in [4.78, 5) is 12.2. The maximum atomic E-state index is 12.2. The van der Waals surface area contributed by atoms with Crippen LogP contribution in [0.5, 0.6) is 5.75 Å². The van der Waals surface area contributed by atoms with E-state index in [-0.39, 0.29) is 24.0 Å². The lowest BCUT2D eigenvalue weighted by Gasteiger charge is -2.25. The molecule has 0 fully saturated rings. The average molecular weight is 279 g/mol. The summed E-state index contributed by atoms with van der Waals surface area (Å²) in [5.41, 5.74) is 1.57. The number of nitrogens with one attached hydrogen (secondary N) is 1. The van der Waals surface area contributed by atoms with E-state index in [0.29, 0.717) is 11.3 Å². The summed E-state index contributed by atoms with van der Waals surface area (Å²) in [7, 11) is 1.58. The molecule has 1 amide bonds. The fourth-order valence-electron chi connectivity index (χ4n) is 2.13. The minimum absolute atomic E-state index is 0.0473. The van der Waals surface area contributed by atoms with Crippen LogP contribution in [-0.4, -0.2) is 30.8 Å². The van der Waals surface area contributed by atoms with Gasteiger partial charge >= 0.3 is 0 Å². The van der Waals surface area contributed by atoms with Gasteiger partial charge < -0.3 is 15.2 Å². The molecule has 0 aliphatic rings. The Morgan fingerprint density at radius 2 is 2.05 bits per heavy atom. The minimum atomic E-state index is -0.241. The van der Waals surface area contributed by atoms with Crippen LogP contribution in [0.15, 0.2) is 18.2 Å². The Labute approximate surface area is 121 Å². The number of benzene rings is 1. The van der Waals surface area contributed by atoms with Crippen LogP contribution in [0, 0.1) is 12.3 Å². The lowest BCUT2D eigenvalue weighted by atomic mass is 9.88. The van der Waals surface area contributed by atoms with E-state index < -0.39 is 0 Å². The number of ether oxygens (including phenoxy) is 1. The molecule has 1 aromatic carbocycles. The molecule has 0 spiro atoms. The molecule has 20 heavy (non-hydrogen) atoms. The molecule has 2 N–H and O–H groups in total. The summed E-state index contributed by atoms with van der Waals surface area (Å²) in [5, 5.41) is 12.3. The highest BCUT2D eigenvalue weighted by molar-refractivity contribution is 5.94. The molecule has 0 radical (unpaired) electrons. The lowest BCUT2D eigenvalue weighted by molar-refractivity contribution is 0.0897. The molecule has 4 heteroatoms. The average Bonchev–Trinajstić information content (AvgIpc) is 2.36. The summed E-state index contributed by atoms with van der Waals surface area (Å²) >= 11 is 0. The fourth-order valence-corrected chi connectivity index (χ4v) is 2.13. The number of amides is 1. The Hall–Kier alpha value is -1.55. The van der Waals surface area contributed by atoms with Crippen LogP contribution in [0.1, 0.15) is 43.1 Å². The molecule has 1 unspecified atom stereocenters. The van der Waals surface area contributed by atoms with E-state index in [1.54, 1.807) is 19.2 Å². The number of hydrogen-bond donors (Lipinski definition) is 2. The first kappa shape index (κ1) is 16.5. The van der Waals surface area contributed by atoms with Gasteiger partial charge in [-0.05, 0) is 36.5 Å². The molecule has 1 aromatic rings. The first-order valence-corrected chi connectivity index (χ1v) is 6.83. The summed E-state index contributed by atoms with van der Waals surface area (Å²) in [6.45, 7) is 8.10. The third-order valence-electron chi connectivity index (χ3n) is 3.08. The second-order valence-electron chi connectivity index (χ2n) is 6.30. The summed E-state index contributed by atoms with van der Waals surface area (Å²) < 4.78 is 5.22. The molecule has 1 rings (SSSR count). The van der Waals surface area contributed by atoms with Gasteiger partial charge in [0.05, 0.1) is 19.8 Å². The quantitative estimate of drug-likeness (QED) is 0.870. The Morgan fingerprint density at radius 3 is 2.55 bits per heavy atom. The van der Waals surface area contributed by atoms with Crippen molar-refractivity contribution < 1.29 is 14.6 Å². The molecular formula is C16H25NO3. The Balaban J connectivity index is 2.79. The van der Waals surface area contributed by atoms with Crippen LogP contribution >= 0.6 is 0 Å². The number of aliphatic hydroxyl groups excluding tert-OH is 1. The van der Waals surface area contributed by atoms with Gasteiger partial charge in [-0.3, -0.25) is 4.79 Å². The Kier molecular flexibility index (Phi) is 5.57. The van der Waals surface area contributed by atoms with Crippen molar-refractivity contribution in [2.75, 3.05) is 13.7 Å². The van der Waals surface area contributed by atoms with E-state index in [9.17, 15) is 9.90 Å². The molecule has 0 aliphatic carbocycles. The largest absolute Gasteiger partial charge is 0.496 e. The smallest absolute Gasteiger partial charge is 0.251 e. The van der Waals surface area contributed by atoms with Gasteiger partial charge in [0, 0.05) is 5.56 Å². The SMILES string of the molecule is COc1cc(C(=O)NC(CO)CC(C)(C)C)ccc1C. The van der Waals surface area contributed by atoms with Crippen LogP contribution in [0.3, 0.4) is 0 Å². The first-order valence-electron chi connectivity index (χ1n) is 6.83. The number of hydrogen-bond acceptors (Lipinski definition) is 3. The molecule has 4 nitrogen and oxygen atoms in total. The Morgan fingerprint density at radius 1 is 1.40 bits per heavy atom. The second-order valence-corrected chi connectivity index (χ2v) is 6.30. The van der Waals surface area contributed by atoms with Crippen molar-refractivity contribution in [2.24, 2.45) is 5.41 Å². The van der Waals surface area contributed by atoms with Gasteiger partial charge in [-0.25, -0.2) is 0 Å². The maximum Gasteiger partial charge on any atom is 0.251 e. The topological polar surface area (TPSA) is 58.6 Å². The highest BCUT2D eigenvalue weighted by atomic mass is 16.5. The van der Waals surface area contributed by atoms with Gasteiger partial charge in [-0.15, -0.1) is 0 Å². The van der Waals surface area contributed by atoms with Crippen LogP contribution in [0.2, 0.25) is 0 Å². The molecule has 0 saturated carbocycles. The van der Waals surface area contributed by atoms with Crippen molar-refractivity contribution in [2.45, 2.75) is 40.2 Å². The van der Waals surface area contributed by atoms with Gasteiger partial charge in [0.25, 0.3) is 5.91 Å². The van der Waals surface area contributed by atoms with Crippen molar-refractivity contribution in [3.8, 4) is 5.75 Å². The van der Waals surface area contributed by atoms with Crippen molar-refractivity contribution in [1.82, 2.24) is 5.32 Å². The number of methoxy groups -OCH3 is 1. The highest BCUT2D eigenvalue weighted by Crippen LogP contribution is 2.22. The van der Waals surface area contributed by atoms with Crippen molar-refractivity contribution in [1.29, 1.82) is 0 Å². The van der Waals surface area contributed by atoms with Gasteiger partial charge in [0.2, 0.25) is 0 Å². The normalized spacial score (nSPS) is 12.9. The third-order valence-corrected chi connectivity index (χ3v) is 3.08. The van der Waals surface area contributed by atoms with E-state index in [4.69, 9.17) is 4.74 Å². The van der Waals surface area contributed by atoms with E-state index in [1.807, 2.05) is 13.0 Å². The minimum Gasteiger partial charge on any atom is -0.496 e. The number of aliphatic hydroxyl groups is 1. The Bertz CT molecular complexity index is 463. The summed E-state index contributed by atoms with van der Waals surface area (Å²) in [6.07, 6.45) is 0.720. The molecule has 0 aliphatic heterocycles. The highest BCUT2D eigenvalue weighted by Gasteiger charge is 2.20. The summed E-state index contributed by atoms with van der Waals surface area (Å²) in [6, 6.07) is 5.09. The van der Waals surface area contributed by atoms with E-state index >= 15 is 0 Å². The predicted molar refractivity (Wildman–Crippen MR) is 80.1 cm³/mol. The monoisotopic (exact) mass is 279 g/mol. The van der Waals surface area contributed by atoms with Crippen LogP contribution in [-0.2, 0) is 0 Å². The molecule has 0 bridgehead atoms. The lowest BCUT2D eigenvalue weighted by Crippen LogP contribution is -2.40. The van der Waals surface area contributed by atoms with E-state index in [1.165, 1.54) is 0 Å². The first-order chi connectivity index (χ1) is 9.26. The van der Waals surface area contributed by atoms with Crippen molar-refractivity contribution >= 4 is 5.91 Å². The molecule has 0 heterocycles.